The van der Waals surface area contributed by atoms with Gasteiger partial charge < -0.3 is 24.3 Å². The minimum Gasteiger partial charge on any atom is -0.456 e. The quantitative estimate of drug-likeness (QED) is 0.351. The van der Waals surface area contributed by atoms with Crippen molar-refractivity contribution in [3.8, 4) is 6.01 Å². The predicted octanol–water partition coefficient (Wildman–Crippen LogP) is 3.68. The van der Waals surface area contributed by atoms with Gasteiger partial charge in [0.25, 0.3) is 6.01 Å². The second kappa shape index (κ2) is 10.00. The van der Waals surface area contributed by atoms with Crippen molar-refractivity contribution in [3.05, 3.63) is 52.2 Å². The molecule has 3 aromatic rings. The number of hydrogen-bond acceptors (Lipinski definition) is 7. The molecule has 0 spiro atoms. The second-order valence-corrected chi connectivity index (χ2v) is 9.31. The van der Waals surface area contributed by atoms with Gasteiger partial charge in [-0.15, -0.1) is 0 Å². The minimum atomic E-state index is -0.646. The van der Waals surface area contributed by atoms with E-state index in [1.807, 2.05) is 24.3 Å². The molecule has 0 aliphatic carbocycles. The van der Waals surface area contributed by atoms with Crippen molar-refractivity contribution >= 4 is 28.5 Å². The van der Waals surface area contributed by atoms with Crippen LogP contribution in [0.1, 0.15) is 47.8 Å². The van der Waals surface area contributed by atoms with E-state index < -0.39 is 6.10 Å². The topological polar surface area (TPSA) is 107 Å². The Morgan fingerprint density at radius 1 is 1.18 bits per heavy atom. The molecule has 9 heteroatoms. The summed E-state index contributed by atoms with van der Waals surface area (Å²) in [7, 11) is 0. The number of aliphatic hydroxyl groups is 1. The Morgan fingerprint density at radius 3 is 2.76 bits per heavy atom. The number of ketones is 1. The standard InChI is InChI=1S/C25H28ClN3O5/c1-2-3-4-5-14-6-8-15(9-7-14)19(30)11-17-16(26)10-18-24(27-17)29-25(28-18)34-21-13-33-22-20(31)12-32-23(21)22/h6-10,20-23,31H,2-5,11-13H2,1H3,(H,27,28,29)/t20-,21-,22-,23-/m1/s1. The number of aromatic nitrogens is 3. The number of ether oxygens (including phenoxy) is 3. The van der Waals surface area contributed by atoms with Gasteiger partial charge in [0.15, 0.2) is 17.5 Å². The zero-order valence-electron chi connectivity index (χ0n) is 19.0. The van der Waals surface area contributed by atoms with Crippen molar-refractivity contribution in [1.82, 2.24) is 15.0 Å². The summed E-state index contributed by atoms with van der Waals surface area (Å²) in [5, 5.41) is 10.3. The maximum Gasteiger partial charge on any atom is 0.296 e. The van der Waals surface area contributed by atoms with Crippen LogP contribution in [0.4, 0.5) is 0 Å². The lowest BCUT2D eigenvalue weighted by Gasteiger charge is -2.15. The highest BCUT2D eigenvalue weighted by molar-refractivity contribution is 6.32. The fraction of sp³-hybridized carbons (Fsp3) is 0.480. The fourth-order valence-corrected chi connectivity index (χ4v) is 4.71. The van der Waals surface area contributed by atoms with Crippen LogP contribution in [0, 0.1) is 0 Å². The number of aromatic amines is 1. The highest BCUT2D eigenvalue weighted by Gasteiger charge is 2.48. The first-order valence-electron chi connectivity index (χ1n) is 11.8. The maximum atomic E-state index is 12.8. The number of H-pyrrole nitrogens is 1. The van der Waals surface area contributed by atoms with E-state index in [4.69, 9.17) is 25.8 Å². The number of halogens is 1. The number of hydrogen-bond donors (Lipinski definition) is 2. The Labute approximate surface area is 202 Å². The molecule has 0 saturated carbocycles. The number of aryl methyl sites for hydroxylation is 1. The molecule has 2 fully saturated rings. The maximum absolute atomic E-state index is 12.8. The van der Waals surface area contributed by atoms with Crippen LogP contribution in [-0.2, 0) is 22.3 Å². The Kier molecular flexibility index (Phi) is 6.83. The van der Waals surface area contributed by atoms with Crippen LogP contribution in [0.3, 0.4) is 0 Å². The molecule has 2 saturated heterocycles. The predicted molar refractivity (Wildman–Crippen MR) is 127 cm³/mol. The monoisotopic (exact) mass is 485 g/mol. The van der Waals surface area contributed by atoms with Crippen LogP contribution in [0.2, 0.25) is 5.02 Å². The summed E-state index contributed by atoms with van der Waals surface area (Å²) in [6, 6.07) is 9.74. The number of benzene rings is 1. The number of carbonyl (C=O) groups is 1. The van der Waals surface area contributed by atoms with Gasteiger partial charge in [-0.3, -0.25) is 4.79 Å². The lowest BCUT2D eigenvalue weighted by Crippen LogP contribution is -2.34. The van der Waals surface area contributed by atoms with Crippen molar-refractivity contribution in [1.29, 1.82) is 0 Å². The number of nitrogens with zero attached hydrogens (tertiary/aromatic N) is 2. The van der Waals surface area contributed by atoms with E-state index in [1.54, 1.807) is 6.07 Å². The van der Waals surface area contributed by atoms with Gasteiger partial charge in [-0.25, -0.2) is 4.98 Å². The molecular formula is C25H28ClN3O5. The molecule has 180 valence electrons. The van der Waals surface area contributed by atoms with Crippen molar-refractivity contribution in [2.24, 2.45) is 0 Å². The van der Waals surface area contributed by atoms with Crippen molar-refractivity contribution in [2.45, 2.75) is 63.4 Å². The van der Waals surface area contributed by atoms with E-state index in [2.05, 4.69) is 21.9 Å². The van der Waals surface area contributed by atoms with E-state index in [9.17, 15) is 9.90 Å². The third kappa shape index (κ3) is 4.81. The first-order valence-corrected chi connectivity index (χ1v) is 12.1. The molecule has 2 aliphatic heterocycles. The number of aliphatic hydroxyl groups excluding tert-OH is 1. The van der Waals surface area contributed by atoms with Crippen molar-refractivity contribution in [3.63, 3.8) is 0 Å². The number of rotatable bonds is 9. The van der Waals surface area contributed by atoms with Gasteiger partial charge >= 0.3 is 0 Å². The first kappa shape index (κ1) is 23.2. The average Bonchev–Trinajstić information content (AvgIpc) is 3.51. The van der Waals surface area contributed by atoms with Crippen LogP contribution in [0.25, 0.3) is 11.2 Å². The Hall–Kier alpha value is -2.52. The van der Waals surface area contributed by atoms with Crippen LogP contribution >= 0.6 is 11.6 Å². The van der Waals surface area contributed by atoms with Gasteiger partial charge in [0.2, 0.25) is 0 Å². The van der Waals surface area contributed by atoms with Gasteiger partial charge in [-0.1, -0.05) is 55.6 Å². The summed E-state index contributed by atoms with van der Waals surface area (Å²) in [6.07, 6.45) is 2.90. The fourth-order valence-electron chi connectivity index (χ4n) is 4.49. The molecule has 0 amide bonds. The summed E-state index contributed by atoms with van der Waals surface area (Å²) in [5.41, 5.74) is 3.36. The molecule has 5 rings (SSSR count). The highest BCUT2D eigenvalue weighted by atomic mass is 35.5. The summed E-state index contributed by atoms with van der Waals surface area (Å²) in [5.74, 6) is -0.0491. The largest absolute Gasteiger partial charge is 0.456 e. The first-order chi connectivity index (χ1) is 16.5. The van der Waals surface area contributed by atoms with Gasteiger partial charge in [0.1, 0.15) is 18.3 Å². The Balaban J connectivity index is 1.26. The average molecular weight is 486 g/mol. The van der Waals surface area contributed by atoms with E-state index in [0.717, 1.165) is 12.8 Å². The SMILES string of the molecule is CCCCCc1ccc(C(=O)Cc2nc3nc(O[C@@H]4CO[C@H]5[C@@H]4OC[C@H]5O)[nH]c3cc2Cl)cc1. The van der Waals surface area contributed by atoms with Crippen LogP contribution in [0.15, 0.2) is 30.3 Å². The van der Waals surface area contributed by atoms with E-state index in [-0.39, 0.29) is 43.1 Å². The van der Waals surface area contributed by atoms with Crippen molar-refractivity contribution in [2.75, 3.05) is 13.2 Å². The molecular weight excluding hydrogens is 458 g/mol. The molecule has 2 aliphatic rings. The van der Waals surface area contributed by atoms with Crippen LogP contribution in [-0.4, -0.2) is 63.5 Å². The molecule has 34 heavy (non-hydrogen) atoms. The number of carbonyl (C=O) groups excluding carboxylic acids is 1. The highest BCUT2D eigenvalue weighted by Crippen LogP contribution is 2.30. The summed E-state index contributed by atoms with van der Waals surface area (Å²) >= 11 is 6.43. The van der Waals surface area contributed by atoms with Gasteiger partial charge in [-0.05, 0) is 24.5 Å². The lowest BCUT2D eigenvalue weighted by molar-refractivity contribution is 0.00706. The molecule has 0 radical (unpaired) electrons. The second-order valence-electron chi connectivity index (χ2n) is 8.90. The van der Waals surface area contributed by atoms with Crippen molar-refractivity contribution < 1.29 is 24.1 Å². The van der Waals surface area contributed by atoms with Crippen LogP contribution < -0.4 is 4.74 Å². The lowest BCUT2D eigenvalue weighted by atomic mass is 10.0. The molecule has 4 atom stereocenters. The third-order valence-corrected chi connectivity index (χ3v) is 6.72. The van der Waals surface area contributed by atoms with E-state index in [1.165, 1.54) is 18.4 Å². The number of fused-ring (bicyclic) bond motifs is 2. The van der Waals surface area contributed by atoms with Gasteiger partial charge in [0, 0.05) is 5.56 Å². The molecule has 1 aromatic carbocycles. The summed E-state index contributed by atoms with van der Waals surface area (Å²) < 4.78 is 17.1. The van der Waals surface area contributed by atoms with Crippen LogP contribution in [0.5, 0.6) is 6.01 Å². The molecule has 8 nitrogen and oxygen atoms in total. The number of Topliss-reactive ketones (excluding diaryl/α,β-unsaturated/α-hetero) is 1. The van der Waals surface area contributed by atoms with E-state index >= 15 is 0 Å². The number of nitrogens with one attached hydrogen (secondary N) is 1. The molecule has 4 heterocycles. The molecule has 0 unspecified atom stereocenters. The Bertz CT molecular complexity index is 1170. The molecule has 2 N–H and O–H groups in total. The summed E-state index contributed by atoms with van der Waals surface area (Å²) in [6.45, 7) is 2.71. The minimum absolute atomic E-state index is 0.0491. The van der Waals surface area contributed by atoms with E-state index in [0.29, 0.717) is 34.1 Å². The molecule has 2 aromatic heterocycles. The van der Waals surface area contributed by atoms with Gasteiger partial charge in [0.05, 0.1) is 35.9 Å². The number of unbranched alkanes of at least 4 members (excludes halogenated alkanes) is 2. The number of imidazole rings is 1. The van der Waals surface area contributed by atoms with Gasteiger partial charge in [-0.2, -0.15) is 4.98 Å². The number of pyridine rings is 1. The molecule has 0 bridgehead atoms. The summed E-state index contributed by atoms with van der Waals surface area (Å²) in [4.78, 5) is 24.8. The zero-order valence-corrected chi connectivity index (χ0v) is 19.8. The Morgan fingerprint density at radius 2 is 1.97 bits per heavy atom. The zero-order chi connectivity index (χ0) is 23.7. The normalized spacial score (nSPS) is 24.0. The smallest absolute Gasteiger partial charge is 0.296 e. The third-order valence-electron chi connectivity index (χ3n) is 6.40.